The molecule has 1 atom stereocenters. The molecular weight excluding hydrogens is 248 g/mol. The number of hydrogen-bond donors (Lipinski definition) is 2. The number of nitrogens with two attached hydrogens (primary N) is 1. The standard InChI is InChI=1S/C17H28N2O/c1-4-13-5-7-14(8-6-13)17(19-18)16-10-9-15(20-3)11-12(16)2/h9-11,13-14,17,19H,4-8,18H2,1-3H3. The Labute approximate surface area is 122 Å². The SMILES string of the molecule is CCC1CCC(C(NN)c2ccc(OC)cc2C)CC1. The summed E-state index contributed by atoms with van der Waals surface area (Å²) < 4.78 is 5.29. The minimum absolute atomic E-state index is 0.263. The van der Waals surface area contributed by atoms with Crippen LogP contribution in [-0.2, 0) is 0 Å². The highest BCUT2D eigenvalue weighted by Crippen LogP contribution is 2.38. The molecule has 2 rings (SSSR count). The van der Waals surface area contributed by atoms with Gasteiger partial charge in [-0.15, -0.1) is 0 Å². The van der Waals surface area contributed by atoms with E-state index in [9.17, 15) is 0 Å². The zero-order chi connectivity index (χ0) is 14.5. The van der Waals surface area contributed by atoms with Crippen LogP contribution in [0.15, 0.2) is 18.2 Å². The quantitative estimate of drug-likeness (QED) is 0.636. The van der Waals surface area contributed by atoms with Crippen LogP contribution in [0.3, 0.4) is 0 Å². The number of methoxy groups -OCH3 is 1. The Balaban J connectivity index is 2.12. The number of hydrogen-bond acceptors (Lipinski definition) is 3. The van der Waals surface area contributed by atoms with E-state index in [1.165, 1.54) is 43.2 Å². The van der Waals surface area contributed by atoms with Gasteiger partial charge in [0.2, 0.25) is 0 Å². The summed E-state index contributed by atoms with van der Waals surface area (Å²) >= 11 is 0. The lowest BCUT2D eigenvalue weighted by atomic mass is 9.75. The topological polar surface area (TPSA) is 47.3 Å². The summed E-state index contributed by atoms with van der Waals surface area (Å²) in [6.07, 6.45) is 6.55. The van der Waals surface area contributed by atoms with Crippen LogP contribution >= 0.6 is 0 Å². The van der Waals surface area contributed by atoms with Crippen LogP contribution in [0.1, 0.15) is 56.2 Å². The van der Waals surface area contributed by atoms with Gasteiger partial charge in [-0.3, -0.25) is 11.3 Å². The van der Waals surface area contributed by atoms with E-state index in [1.54, 1.807) is 7.11 Å². The molecule has 1 saturated carbocycles. The molecule has 1 fully saturated rings. The summed E-state index contributed by atoms with van der Waals surface area (Å²) in [7, 11) is 1.71. The van der Waals surface area contributed by atoms with Gasteiger partial charge in [-0.05, 0) is 54.9 Å². The lowest BCUT2D eigenvalue weighted by Gasteiger charge is -2.34. The van der Waals surface area contributed by atoms with E-state index in [2.05, 4.69) is 31.4 Å². The molecule has 1 unspecified atom stereocenters. The van der Waals surface area contributed by atoms with E-state index < -0.39 is 0 Å². The smallest absolute Gasteiger partial charge is 0.119 e. The zero-order valence-corrected chi connectivity index (χ0v) is 13.0. The van der Waals surface area contributed by atoms with Crippen molar-refractivity contribution in [2.75, 3.05) is 7.11 Å². The third-order valence-corrected chi connectivity index (χ3v) is 4.93. The molecule has 0 heterocycles. The van der Waals surface area contributed by atoms with Crippen LogP contribution in [0.2, 0.25) is 0 Å². The highest BCUT2D eigenvalue weighted by Gasteiger charge is 2.28. The van der Waals surface area contributed by atoms with Gasteiger partial charge >= 0.3 is 0 Å². The average molecular weight is 276 g/mol. The number of rotatable bonds is 5. The molecule has 0 aromatic heterocycles. The molecule has 0 bridgehead atoms. The van der Waals surface area contributed by atoms with Crippen LogP contribution in [0, 0.1) is 18.8 Å². The summed E-state index contributed by atoms with van der Waals surface area (Å²) in [5.74, 6) is 8.34. The molecule has 0 radical (unpaired) electrons. The summed E-state index contributed by atoms with van der Waals surface area (Å²) in [6, 6.07) is 6.55. The minimum Gasteiger partial charge on any atom is -0.497 e. The van der Waals surface area contributed by atoms with Crippen molar-refractivity contribution < 1.29 is 4.74 Å². The van der Waals surface area contributed by atoms with Gasteiger partial charge in [-0.1, -0.05) is 32.3 Å². The fourth-order valence-electron chi connectivity index (χ4n) is 3.53. The third-order valence-electron chi connectivity index (χ3n) is 4.93. The van der Waals surface area contributed by atoms with Crippen LogP contribution in [0.25, 0.3) is 0 Å². The minimum atomic E-state index is 0.263. The maximum absolute atomic E-state index is 5.86. The van der Waals surface area contributed by atoms with Crippen molar-refractivity contribution in [1.82, 2.24) is 5.43 Å². The van der Waals surface area contributed by atoms with Crippen LogP contribution < -0.4 is 16.0 Å². The van der Waals surface area contributed by atoms with E-state index in [0.717, 1.165) is 11.7 Å². The monoisotopic (exact) mass is 276 g/mol. The van der Waals surface area contributed by atoms with Gasteiger partial charge in [-0.25, -0.2) is 0 Å². The molecule has 112 valence electrons. The predicted molar refractivity (Wildman–Crippen MR) is 83.5 cm³/mol. The number of hydrazine groups is 1. The molecule has 20 heavy (non-hydrogen) atoms. The number of benzene rings is 1. The second-order valence-electron chi connectivity index (χ2n) is 6.06. The Morgan fingerprint density at radius 1 is 1.30 bits per heavy atom. The summed E-state index contributed by atoms with van der Waals surface area (Å²) in [5.41, 5.74) is 5.63. The highest BCUT2D eigenvalue weighted by molar-refractivity contribution is 5.37. The van der Waals surface area contributed by atoms with E-state index in [1.807, 2.05) is 6.07 Å². The van der Waals surface area contributed by atoms with Crippen molar-refractivity contribution in [3.05, 3.63) is 29.3 Å². The maximum Gasteiger partial charge on any atom is 0.119 e. The van der Waals surface area contributed by atoms with E-state index >= 15 is 0 Å². The normalized spacial score (nSPS) is 24.4. The molecule has 0 saturated heterocycles. The van der Waals surface area contributed by atoms with Crippen molar-refractivity contribution in [3.8, 4) is 5.75 Å². The molecule has 1 aromatic rings. The zero-order valence-electron chi connectivity index (χ0n) is 13.0. The van der Waals surface area contributed by atoms with Gasteiger partial charge in [-0.2, -0.15) is 0 Å². The summed E-state index contributed by atoms with van der Waals surface area (Å²) in [6.45, 7) is 4.44. The number of ether oxygens (including phenoxy) is 1. The molecule has 0 amide bonds. The molecule has 0 aliphatic heterocycles. The van der Waals surface area contributed by atoms with Crippen molar-refractivity contribution in [3.63, 3.8) is 0 Å². The van der Waals surface area contributed by atoms with Crippen molar-refractivity contribution in [1.29, 1.82) is 0 Å². The van der Waals surface area contributed by atoms with Crippen molar-refractivity contribution >= 4 is 0 Å². The Morgan fingerprint density at radius 2 is 2.00 bits per heavy atom. The molecule has 3 heteroatoms. The Hall–Kier alpha value is -1.06. The third kappa shape index (κ3) is 3.33. The molecule has 0 spiro atoms. The van der Waals surface area contributed by atoms with E-state index in [0.29, 0.717) is 5.92 Å². The fraction of sp³-hybridized carbons (Fsp3) is 0.647. The van der Waals surface area contributed by atoms with E-state index in [-0.39, 0.29) is 6.04 Å². The number of aryl methyl sites for hydroxylation is 1. The van der Waals surface area contributed by atoms with Gasteiger partial charge < -0.3 is 4.74 Å². The van der Waals surface area contributed by atoms with Crippen molar-refractivity contribution in [2.24, 2.45) is 17.7 Å². The molecular formula is C17H28N2O. The molecule has 1 aliphatic rings. The van der Waals surface area contributed by atoms with E-state index in [4.69, 9.17) is 10.6 Å². The lowest BCUT2D eigenvalue weighted by Crippen LogP contribution is -2.35. The first-order chi connectivity index (χ1) is 9.69. The first-order valence-corrected chi connectivity index (χ1v) is 7.80. The molecule has 1 aromatic carbocycles. The molecule has 3 nitrogen and oxygen atoms in total. The highest BCUT2D eigenvalue weighted by atomic mass is 16.5. The lowest BCUT2D eigenvalue weighted by molar-refractivity contribution is 0.219. The average Bonchev–Trinajstić information content (AvgIpc) is 2.50. The van der Waals surface area contributed by atoms with Gasteiger partial charge in [0.1, 0.15) is 5.75 Å². The van der Waals surface area contributed by atoms with Crippen LogP contribution in [0.5, 0.6) is 5.75 Å². The predicted octanol–water partition coefficient (Wildman–Crippen LogP) is 3.72. The largest absolute Gasteiger partial charge is 0.497 e. The fourth-order valence-corrected chi connectivity index (χ4v) is 3.53. The van der Waals surface area contributed by atoms with Gasteiger partial charge in [0.05, 0.1) is 7.11 Å². The molecule has 1 aliphatic carbocycles. The Bertz CT molecular complexity index is 425. The number of nitrogens with one attached hydrogen (secondary N) is 1. The summed E-state index contributed by atoms with van der Waals surface area (Å²) in [5, 5.41) is 0. The molecule has 3 N–H and O–H groups in total. The van der Waals surface area contributed by atoms with Crippen LogP contribution in [0.4, 0.5) is 0 Å². The first kappa shape index (κ1) is 15.3. The first-order valence-electron chi connectivity index (χ1n) is 7.80. The Morgan fingerprint density at radius 3 is 2.50 bits per heavy atom. The maximum atomic E-state index is 5.86. The van der Waals surface area contributed by atoms with Gasteiger partial charge in [0.15, 0.2) is 0 Å². The van der Waals surface area contributed by atoms with Gasteiger partial charge in [0, 0.05) is 6.04 Å². The van der Waals surface area contributed by atoms with Crippen molar-refractivity contribution in [2.45, 2.75) is 52.0 Å². The van der Waals surface area contributed by atoms with Gasteiger partial charge in [0.25, 0.3) is 0 Å². The second kappa shape index (κ2) is 7.09. The van der Waals surface area contributed by atoms with Crippen LogP contribution in [-0.4, -0.2) is 7.11 Å². The second-order valence-corrected chi connectivity index (χ2v) is 6.06. The summed E-state index contributed by atoms with van der Waals surface area (Å²) in [4.78, 5) is 0. The Kier molecular flexibility index (Phi) is 5.44.